The van der Waals surface area contributed by atoms with Gasteiger partial charge in [0.05, 0.1) is 0 Å². The molecule has 1 heterocycles. The summed E-state index contributed by atoms with van der Waals surface area (Å²) in [5.74, 6) is 1.61. The number of benzene rings is 2. The highest BCUT2D eigenvalue weighted by atomic mass is 15.3. The Morgan fingerprint density at radius 3 is 2.14 bits per heavy atom. The van der Waals surface area contributed by atoms with Crippen molar-refractivity contribution in [3.8, 4) is 22.8 Å². The van der Waals surface area contributed by atoms with Gasteiger partial charge in [-0.2, -0.15) is 0 Å². The summed E-state index contributed by atoms with van der Waals surface area (Å²) in [6, 6.07) is 20.2. The van der Waals surface area contributed by atoms with Gasteiger partial charge in [-0.15, -0.1) is 5.10 Å². The third kappa shape index (κ3) is 2.92. The minimum absolute atomic E-state index is 0.746. The maximum Gasteiger partial charge on any atom is 0.182 e. The Kier molecular flexibility index (Phi) is 3.92. The van der Waals surface area contributed by atoms with Crippen molar-refractivity contribution in [1.29, 1.82) is 0 Å². The van der Waals surface area contributed by atoms with E-state index in [2.05, 4.69) is 30.2 Å². The molecule has 0 aliphatic heterocycles. The molecule has 1 aromatic heterocycles. The molecule has 3 heteroatoms. The zero-order valence-corrected chi connectivity index (χ0v) is 12.0. The van der Waals surface area contributed by atoms with Crippen LogP contribution in [0.1, 0.15) is 13.3 Å². The molecule has 0 bridgehead atoms. The minimum atomic E-state index is 0.746. The van der Waals surface area contributed by atoms with E-state index in [9.17, 15) is 0 Å². The first-order chi connectivity index (χ1) is 10.4. The molecule has 3 nitrogen and oxygen atoms in total. The Labute approximate surface area is 124 Å². The standard InChI is InChI=1S/C18H17N3/c1-2-3-14-21-18(16-12-8-5-9-13-16)19-17(20-21)15-10-6-4-7-11-15/h3-14H,2H2,1H3/b14-3+. The van der Waals surface area contributed by atoms with Crippen LogP contribution in [0.4, 0.5) is 0 Å². The Balaban J connectivity index is 2.10. The second-order valence-electron chi connectivity index (χ2n) is 4.73. The smallest absolute Gasteiger partial charge is 0.182 e. The van der Waals surface area contributed by atoms with E-state index in [4.69, 9.17) is 4.98 Å². The van der Waals surface area contributed by atoms with Gasteiger partial charge in [-0.05, 0) is 6.42 Å². The Morgan fingerprint density at radius 2 is 1.52 bits per heavy atom. The molecule has 0 radical (unpaired) electrons. The molecular formula is C18H17N3. The predicted octanol–water partition coefficient (Wildman–Crippen LogP) is 4.49. The van der Waals surface area contributed by atoms with Crippen LogP contribution >= 0.6 is 0 Å². The summed E-state index contributed by atoms with van der Waals surface area (Å²) < 4.78 is 1.85. The SMILES string of the molecule is CC/C=C/n1nc(-c2ccccc2)nc1-c1ccccc1. The van der Waals surface area contributed by atoms with Crippen LogP contribution in [0.3, 0.4) is 0 Å². The van der Waals surface area contributed by atoms with Crippen molar-refractivity contribution >= 4 is 6.20 Å². The normalized spacial score (nSPS) is 11.1. The first-order valence-corrected chi connectivity index (χ1v) is 7.12. The van der Waals surface area contributed by atoms with Crippen LogP contribution in [0.5, 0.6) is 0 Å². The quantitative estimate of drug-likeness (QED) is 0.702. The summed E-state index contributed by atoms with van der Waals surface area (Å²) in [6.45, 7) is 2.10. The van der Waals surface area contributed by atoms with Gasteiger partial charge in [0.1, 0.15) is 0 Å². The van der Waals surface area contributed by atoms with Gasteiger partial charge in [-0.1, -0.05) is 73.7 Å². The molecule has 0 aliphatic carbocycles. The lowest BCUT2D eigenvalue weighted by Gasteiger charge is -1.99. The summed E-state index contributed by atoms with van der Waals surface area (Å²) in [7, 11) is 0. The second kappa shape index (κ2) is 6.18. The van der Waals surface area contributed by atoms with E-state index < -0.39 is 0 Å². The van der Waals surface area contributed by atoms with Crippen molar-refractivity contribution in [2.45, 2.75) is 13.3 Å². The summed E-state index contributed by atoms with van der Waals surface area (Å²) in [4.78, 5) is 4.70. The lowest BCUT2D eigenvalue weighted by molar-refractivity contribution is 0.940. The molecule has 104 valence electrons. The fraction of sp³-hybridized carbons (Fsp3) is 0.111. The van der Waals surface area contributed by atoms with Gasteiger partial charge < -0.3 is 0 Å². The molecule has 0 aliphatic rings. The van der Waals surface area contributed by atoms with E-state index in [1.54, 1.807) is 0 Å². The van der Waals surface area contributed by atoms with E-state index >= 15 is 0 Å². The number of aromatic nitrogens is 3. The summed E-state index contributed by atoms with van der Waals surface area (Å²) >= 11 is 0. The third-order valence-corrected chi connectivity index (χ3v) is 3.18. The molecule has 0 N–H and O–H groups in total. The van der Waals surface area contributed by atoms with Crippen molar-refractivity contribution < 1.29 is 0 Å². The van der Waals surface area contributed by atoms with Crippen LogP contribution in [-0.2, 0) is 0 Å². The van der Waals surface area contributed by atoms with Crippen LogP contribution in [0.15, 0.2) is 66.7 Å². The van der Waals surface area contributed by atoms with E-state index in [0.717, 1.165) is 29.2 Å². The molecule has 0 saturated heterocycles. The van der Waals surface area contributed by atoms with Gasteiger partial charge in [0.25, 0.3) is 0 Å². The van der Waals surface area contributed by atoms with Gasteiger partial charge in [-0.3, -0.25) is 0 Å². The van der Waals surface area contributed by atoms with E-state index in [0.29, 0.717) is 0 Å². The molecule has 21 heavy (non-hydrogen) atoms. The highest BCUT2D eigenvalue weighted by Gasteiger charge is 2.11. The molecule has 3 rings (SSSR count). The minimum Gasteiger partial charge on any atom is -0.220 e. The topological polar surface area (TPSA) is 30.7 Å². The first-order valence-electron chi connectivity index (χ1n) is 7.12. The summed E-state index contributed by atoms with van der Waals surface area (Å²) in [5.41, 5.74) is 2.09. The highest BCUT2D eigenvalue weighted by molar-refractivity contribution is 5.63. The van der Waals surface area contributed by atoms with Crippen molar-refractivity contribution in [3.05, 3.63) is 66.7 Å². The molecule has 0 spiro atoms. The number of allylic oxidation sites excluding steroid dienone is 1. The average Bonchev–Trinajstić information content (AvgIpc) is 2.99. The zero-order chi connectivity index (χ0) is 14.5. The molecule has 0 unspecified atom stereocenters. The average molecular weight is 275 g/mol. The lowest BCUT2D eigenvalue weighted by atomic mass is 10.2. The Morgan fingerprint density at radius 1 is 0.905 bits per heavy atom. The van der Waals surface area contributed by atoms with Gasteiger partial charge >= 0.3 is 0 Å². The number of hydrogen-bond acceptors (Lipinski definition) is 2. The van der Waals surface area contributed by atoms with Crippen LogP contribution in [0, 0.1) is 0 Å². The number of nitrogens with zero attached hydrogens (tertiary/aromatic N) is 3. The third-order valence-electron chi connectivity index (χ3n) is 3.18. The summed E-state index contributed by atoms with van der Waals surface area (Å²) in [5, 5.41) is 4.61. The van der Waals surface area contributed by atoms with E-state index in [1.807, 2.05) is 59.4 Å². The van der Waals surface area contributed by atoms with Gasteiger partial charge in [-0.25, -0.2) is 9.67 Å². The molecule has 0 amide bonds. The molecular weight excluding hydrogens is 258 g/mol. The Hall–Kier alpha value is -2.68. The van der Waals surface area contributed by atoms with Crippen molar-refractivity contribution in [3.63, 3.8) is 0 Å². The van der Waals surface area contributed by atoms with E-state index in [1.165, 1.54) is 0 Å². The number of rotatable bonds is 4. The molecule has 3 aromatic rings. The predicted molar refractivity (Wildman–Crippen MR) is 86.5 cm³/mol. The maximum absolute atomic E-state index is 4.70. The van der Waals surface area contributed by atoms with Gasteiger partial charge in [0, 0.05) is 17.3 Å². The van der Waals surface area contributed by atoms with Crippen LogP contribution in [-0.4, -0.2) is 14.8 Å². The largest absolute Gasteiger partial charge is 0.220 e. The van der Waals surface area contributed by atoms with Crippen molar-refractivity contribution in [2.24, 2.45) is 0 Å². The fourth-order valence-corrected chi connectivity index (χ4v) is 2.13. The molecule has 0 saturated carbocycles. The molecule has 0 atom stereocenters. The first kappa shape index (κ1) is 13.3. The van der Waals surface area contributed by atoms with Crippen molar-refractivity contribution in [1.82, 2.24) is 14.8 Å². The van der Waals surface area contributed by atoms with Gasteiger partial charge in [0.15, 0.2) is 11.6 Å². The highest BCUT2D eigenvalue weighted by Crippen LogP contribution is 2.22. The maximum atomic E-state index is 4.70. The van der Waals surface area contributed by atoms with Gasteiger partial charge in [0.2, 0.25) is 0 Å². The zero-order valence-electron chi connectivity index (χ0n) is 12.0. The Bertz CT molecular complexity index is 728. The van der Waals surface area contributed by atoms with Crippen LogP contribution < -0.4 is 0 Å². The van der Waals surface area contributed by atoms with E-state index in [-0.39, 0.29) is 0 Å². The molecule has 0 fully saturated rings. The van der Waals surface area contributed by atoms with Crippen molar-refractivity contribution in [2.75, 3.05) is 0 Å². The second-order valence-corrected chi connectivity index (χ2v) is 4.73. The summed E-state index contributed by atoms with van der Waals surface area (Å²) in [6.07, 6.45) is 5.02. The lowest BCUT2D eigenvalue weighted by Crippen LogP contribution is -1.93. The van der Waals surface area contributed by atoms with Crippen LogP contribution in [0.25, 0.3) is 29.0 Å². The number of hydrogen-bond donors (Lipinski definition) is 0. The van der Waals surface area contributed by atoms with Crippen LogP contribution in [0.2, 0.25) is 0 Å². The fourth-order valence-electron chi connectivity index (χ4n) is 2.13. The molecule has 2 aromatic carbocycles. The monoisotopic (exact) mass is 275 g/mol.